The molecule has 0 fully saturated rings. The van der Waals surface area contributed by atoms with Crippen molar-refractivity contribution in [2.45, 2.75) is 13.1 Å². The van der Waals surface area contributed by atoms with Gasteiger partial charge in [-0.05, 0) is 25.1 Å². The van der Waals surface area contributed by atoms with Crippen LogP contribution < -0.4 is 10.6 Å². The Kier molecular flexibility index (Phi) is 4.97. The number of rotatable bonds is 4. The number of nitrogens with one attached hydrogen (secondary N) is 2. The van der Waals surface area contributed by atoms with Crippen molar-refractivity contribution in [3.8, 4) is 0 Å². The molecule has 0 aliphatic rings. The van der Waals surface area contributed by atoms with Gasteiger partial charge in [-0.15, -0.1) is 0 Å². The Balaban J connectivity index is 2.41. The Bertz CT molecular complexity index is 677. The van der Waals surface area contributed by atoms with E-state index in [1.54, 1.807) is 13.0 Å². The van der Waals surface area contributed by atoms with Crippen molar-refractivity contribution < 1.29 is 13.2 Å². The smallest absolute Gasteiger partial charge is 0.354 e. The molecule has 0 amide bonds. The molecule has 0 saturated heterocycles. The molecule has 22 heavy (non-hydrogen) atoms. The van der Waals surface area contributed by atoms with Gasteiger partial charge in [-0.3, -0.25) is 0 Å². The minimum Gasteiger partial charge on any atom is -0.354 e. The van der Waals surface area contributed by atoms with Gasteiger partial charge < -0.3 is 10.6 Å². The second-order valence-electron chi connectivity index (χ2n) is 4.24. The second-order valence-corrected chi connectivity index (χ2v) is 5.08. The van der Waals surface area contributed by atoms with Gasteiger partial charge >= 0.3 is 6.18 Å². The fourth-order valence-electron chi connectivity index (χ4n) is 1.62. The van der Waals surface area contributed by atoms with Crippen LogP contribution >= 0.6 is 23.2 Å². The van der Waals surface area contributed by atoms with Crippen LogP contribution in [0.2, 0.25) is 10.0 Å². The molecule has 0 aliphatic heterocycles. The first-order chi connectivity index (χ1) is 10.3. The van der Waals surface area contributed by atoms with E-state index in [-0.39, 0.29) is 11.8 Å². The average molecular weight is 351 g/mol. The molecule has 0 saturated carbocycles. The largest absolute Gasteiger partial charge is 0.433 e. The summed E-state index contributed by atoms with van der Waals surface area (Å²) in [4.78, 5) is 7.40. The van der Waals surface area contributed by atoms with Crippen molar-refractivity contribution in [2.75, 3.05) is 17.2 Å². The van der Waals surface area contributed by atoms with Crippen molar-refractivity contribution >= 4 is 40.7 Å². The molecule has 118 valence electrons. The van der Waals surface area contributed by atoms with Crippen molar-refractivity contribution in [1.29, 1.82) is 0 Å². The van der Waals surface area contributed by atoms with Crippen molar-refractivity contribution in [3.05, 3.63) is 40.0 Å². The van der Waals surface area contributed by atoms with Gasteiger partial charge in [0.2, 0.25) is 5.95 Å². The number of hydrogen-bond donors (Lipinski definition) is 2. The van der Waals surface area contributed by atoms with Gasteiger partial charge in [0.25, 0.3) is 0 Å². The highest BCUT2D eigenvalue weighted by atomic mass is 35.5. The Morgan fingerprint density at radius 1 is 1.14 bits per heavy atom. The van der Waals surface area contributed by atoms with Gasteiger partial charge in [-0.2, -0.15) is 18.2 Å². The highest BCUT2D eigenvalue weighted by molar-refractivity contribution is 6.35. The molecular formula is C13H11Cl2F3N4. The van der Waals surface area contributed by atoms with Gasteiger partial charge in [0.15, 0.2) is 5.69 Å². The minimum absolute atomic E-state index is 0.0394. The quantitative estimate of drug-likeness (QED) is 0.816. The minimum atomic E-state index is -4.58. The normalized spacial score (nSPS) is 11.4. The molecule has 0 unspecified atom stereocenters. The van der Waals surface area contributed by atoms with E-state index < -0.39 is 11.9 Å². The van der Waals surface area contributed by atoms with Gasteiger partial charge in [0.1, 0.15) is 5.82 Å². The van der Waals surface area contributed by atoms with Crippen LogP contribution in [-0.4, -0.2) is 16.5 Å². The summed E-state index contributed by atoms with van der Waals surface area (Å²) in [5.74, 6) is -0.166. The predicted octanol–water partition coefficient (Wildman–Crippen LogP) is 4.98. The van der Waals surface area contributed by atoms with Gasteiger partial charge in [-0.1, -0.05) is 23.2 Å². The fourth-order valence-corrected chi connectivity index (χ4v) is 1.96. The Hall–Kier alpha value is -1.73. The molecular weight excluding hydrogens is 340 g/mol. The van der Waals surface area contributed by atoms with Crippen LogP contribution in [0.1, 0.15) is 12.6 Å². The van der Waals surface area contributed by atoms with E-state index in [2.05, 4.69) is 20.6 Å². The number of benzene rings is 1. The SMILES string of the molecule is CCNc1nc(Nc2cc(Cl)ccc2Cl)cc(C(F)(F)F)n1. The van der Waals surface area contributed by atoms with Crippen LogP contribution in [0.5, 0.6) is 0 Å². The zero-order chi connectivity index (χ0) is 16.3. The maximum Gasteiger partial charge on any atom is 0.433 e. The van der Waals surface area contributed by atoms with Crippen LogP contribution in [-0.2, 0) is 6.18 Å². The molecule has 0 bridgehead atoms. The molecule has 2 aromatic rings. The van der Waals surface area contributed by atoms with Crippen molar-refractivity contribution in [1.82, 2.24) is 9.97 Å². The van der Waals surface area contributed by atoms with Crippen molar-refractivity contribution in [2.24, 2.45) is 0 Å². The first-order valence-electron chi connectivity index (χ1n) is 6.22. The van der Waals surface area contributed by atoms with Crippen LogP contribution in [0.3, 0.4) is 0 Å². The maximum atomic E-state index is 12.9. The van der Waals surface area contributed by atoms with E-state index in [0.717, 1.165) is 6.07 Å². The second kappa shape index (κ2) is 6.58. The van der Waals surface area contributed by atoms with E-state index in [9.17, 15) is 13.2 Å². The Morgan fingerprint density at radius 2 is 1.86 bits per heavy atom. The summed E-state index contributed by atoms with van der Waals surface area (Å²) in [5.41, 5.74) is -0.706. The molecule has 0 atom stereocenters. The zero-order valence-electron chi connectivity index (χ0n) is 11.3. The molecule has 1 aromatic carbocycles. The fraction of sp³-hybridized carbons (Fsp3) is 0.231. The number of alkyl halides is 3. The summed E-state index contributed by atoms with van der Waals surface area (Å²) in [6.07, 6.45) is -4.58. The third kappa shape index (κ3) is 4.14. The summed E-state index contributed by atoms with van der Waals surface area (Å²) < 4.78 is 38.6. The van der Waals surface area contributed by atoms with Gasteiger partial charge in [0.05, 0.1) is 10.7 Å². The molecule has 2 N–H and O–H groups in total. The molecule has 0 spiro atoms. The predicted molar refractivity (Wildman–Crippen MR) is 80.9 cm³/mol. The van der Waals surface area contributed by atoms with E-state index in [1.165, 1.54) is 12.1 Å². The number of halogens is 5. The summed E-state index contributed by atoms with van der Waals surface area (Å²) in [7, 11) is 0. The number of hydrogen-bond acceptors (Lipinski definition) is 4. The standard InChI is InChI=1S/C13H11Cl2F3N4/c1-2-19-12-21-10(13(16,17)18)6-11(22-12)20-9-5-7(14)3-4-8(9)15/h3-6H,2H2,1H3,(H2,19,20,21,22). The summed E-state index contributed by atoms with van der Waals surface area (Å²) in [6, 6.07) is 5.40. The van der Waals surface area contributed by atoms with Crippen LogP contribution in [0.15, 0.2) is 24.3 Å². The molecule has 0 radical (unpaired) electrons. The first kappa shape index (κ1) is 16.6. The Morgan fingerprint density at radius 3 is 2.50 bits per heavy atom. The molecule has 4 nitrogen and oxygen atoms in total. The highest BCUT2D eigenvalue weighted by Gasteiger charge is 2.33. The van der Waals surface area contributed by atoms with Crippen molar-refractivity contribution in [3.63, 3.8) is 0 Å². The average Bonchev–Trinajstić information content (AvgIpc) is 2.42. The zero-order valence-corrected chi connectivity index (χ0v) is 12.8. The summed E-state index contributed by atoms with van der Waals surface area (Å²) in [5, 5.41) is 6.07. The lowest BCUT2D eigenvalue weighted by Gasteiger charge is -2.13. The summed E-state index contributed by atoms with van der Waals surface area (Å²) in [6.45, 7) is 2.11. The molecule has 2 rings (SSSR count). The third-order valence-corrected chi connectivity index (χ3v) is 3.11. The number of aromatic nitrogens is 2. The van der Waals surface area contributed by atoms with Crippen LogP contribution in [0, 0.1) is 0 Å². The van der Waals surface area contributed by atoms with Crippen LogP contribution in [0.4, 0.5) is 30.6 Å². The van der Waals surface area contributed by atoms with E-state index in [0.29, 0.717) is 22.3 Å². The molecule has 0 aliphatic carbocycles. The Labute approximate surface area is 134 Å². The monoisotopic (exact) mass is 350 g/mol. The first-order valence-corrected chi connectivity index (χ1v) is 6.97. The highest BCUT2D eigenvalue weighted by Crippen LogP contribution is 2.32. The van der Waals surface area contributed by atoms with Gasteiger partial charge in [0, 0.05) is 17.6 Å². The maximum absolute atomic E-state index is 12.9. The van der Waals surface area contributed by atoms with E-state index in [4.69, 9.17) is 23.2 Å². The molecule has 1 aromatic heterocycles. The van der Waals surface area contributed by atoms with Gasteiger partial charge in [-0.25, -0.2) is 4.98 Å². The molecule has 9 heteroatoms. The van der Waals surface area contributed by atoms with Crippen LogP contribution in [0.25, 0.3) is 0 Å². The lowest BCUT2D eigenvalue weighted by Crippen LogP contribution is -2.13. The lowest BCUT2D eigenvalue weighted by atomic mass is 10.3. The molecule has 1 heterocycles. The third-order valence-electron chi connectivity index (χ3n) is 2.54. The lowest BCUT2D eigenvalue weighted by molar-refractivity contribution is -0.141. The topological polar surface area (TPSA) is 49.8 Å². The van der Waals surface area contributed by atoms with E-state index >= 15 is 0 Å². The summed E-state index contributed by atoms with van der Waals surface area (Å²) >= 11 is 11.8. The van der Waals surface area contributed by atoms with E-state index in [1.807, 2.05) is 0 Å². The number of nitrogens with zero attached hydrogens (tertiary/aromatic N) is 2. The number of anilines is 3.